The summed E-state index contributed by atoms with van der Waals surface area (Å²) in [6.45, 7) is 2.12. The minimum atomic E-state index is 0.433. The Bertz CT molecular complexity index is 468. The normalized spacial score (nSPS) is 10.1. The lowest BCUT2D eigenvalue weighted by Crippen LogP contribution is -1.88. The van der Waals surface area contributed by atoms with Crippen molar-refractivity contribution in [2.75, 3.05) is 0 Å². The zero-order valence-corrected chi connectivity index (χ0v) is 9.74. The first-order chi connectivity index (χ1) is 7.78. The summed E-state index contributed by atoms with van der Waals surface area (Å²) in [6, 6.07) is 13.3. The lowest BCUT2D eigenvalue weighted by Gasteiger charge is -2.05. The highest BCUT2D eigenvalue weighted by atomic mass is 35.5. The number of halogens is 1. The largest absolute Gasteiger partial charge is 0.439 e. The van der Waals surface area contributed by atoms with Gasteiger partial charge in [0.05, 0.1) is 0 Å². The van der Waals surface area contributed by atoms with Crippen molar-refractivity contribution in [3.63, 3.8) is 0 Å². The molecule has 1 heterocycles. The van der Waals surface area contributed by atoms with E-state index in [1.54, 1.807) is 12.1 Å². The molecule has 0 atom stereocenters. The number of aryl methyl sites for hydroxylation is 1. The SMILES string of the molecule is CCc1ccc(Oc2cccc(Cl)n2)cc1. The Hall–Kier alpha value is -1.54. The Morgan fingerprint density at radius 3 is 2.50 bits per heavy atom. The first-order valence-electron chi connectivity index (χ1n) is 5.17. The van der Waals surface area contributed by atoms with Crippen molar-refractivity contribution in [3.05, 3.63) is 53.2 Å². The molecule has 3 heteroatoms. The van der Waals surface area contributed by atoms with Gasteiger partial charge in [0.15, 0.2) is 0 Å². The van der Waals surface area contributed by atoms with E-state index in [0.717, 1.165) is 12.2 Å². The van der Waals surface area contributed by atoms with Crippen LogP contribution in [0.4, 0.5) is 0 Å². The Balaban J connectivity index is 2.14. The van der Waals surface area contributed by atoms with Crippen molar-refractivity contribution in [3.8, 4) is 11.6 Å². The molecular formula is C13H12ClNO. The smallest absolute Gasteiger partial charge is 0.220 e. The van der Waals surface area contributed by atoms with E-state index in [1.807, 2.05) is 30.3 Å². The molecule has 1 aromatic carbocycles. The fourth-order valence-electron chi connectivity index (χ4n) is 1.36. The van der Waals surface area contributed by atoms with Crippen LogP contribution >= 0.6 is 11.6 Å². The summed E-state index contributed by atoms with van der Waals surface area (Å²) in [6.07, 6.45) is 1.02. The highest BCUT2D eigenvalue weighted by molar-refractivity contribution is 6.29. The molecule has 0 amide bonds. The van der Waals surface area contributed by atoms with Crippen LogP contribution in [0, 0.1) is 0 Å². The van der Waals surface area contributed by atoms with Crippen LogP contribution in [0.3, 0.4) is 0 Å². The maximum absolute atomic E-state index is 5.77. The van der Waals surface area contributed by atoms with Crippen LogP contribution in [0.2, 0.25) is 5.15 Å². The summed E-state index contributed by atoms with van der Waals surface area (Å²) >= 11 is 5.77. The first kappa shape index (κ1) is 11.0. The molecule has 0 aliphatic rings. The fourth-order valence-corrected chi connectivity index (χ4v) is 1.52. The number of hydrogen-bond acceptors (Lipinski definition) is 2. The second-order valence-electron chi connectivity index (χ2n) is 3.40. The molecule has 0 N–H and O–H groups in total. The second kappa shape index (κ2) is 4.99. The van der Waals surface area contributed by atoms with Gasteiger partial charge in [0.25, 0.3) is 0 Å². The summed E-state index contributed by atoms with van der Waals surface area (Å²) in [5, 5.41) is 0.433. The summed E-state index contributed by atoms with van der Waals surface area (Å²) in [7, 11) is 0. The zero-order chi connectivity index (χ0) is 11.4. The van der Waals surface area contributed by atoms with Crippen LogP contribution in [0.25, 0.3) is 0 Å². The van der Waals surface area contributed by atoms with Gasteiger partial charge in [-0.15, -0.1) is 0 Å². The molecule has 0 saturated carbocycles. The monoisotopic (exact) mass is 233 g/mol. The van der Waals surface area contributed by atoms with Gasteiger partial charge in [-0.2, -0.15) is 0 Å². The van der Waals surface area contributed by atoms with Crippen molar-refractivity contribution in [1.82, 2.24) is 4.98 Å². The topological polar surface area (TPSA) is 22.1 Å². The van der Waals surface area contributed by atoms with Gasteiger partial charge in [-0.05, 0) is 30.2 Å². The molecule has 16 heavy (non-hydrogen) atoms. The highest BCUT2D eigenvalue weighted by Crippen LogP contribution is 2.21. The molecule has 1 aromatic heterocycles. The van der Waals surface area contributed by atoms with Crippen molar-refractivity contribution >= 4 is 11.6 Å². The number of benzene rings is 1. The van der Waals surface area contributed by atoms with E-state index >= 15 is 0 Å². The van der Waals surface area contributed by atoms with E-state index in [1.165, 1.54) is 5.56 Å². The number of hydrogen-bond donors (Lipinski definition) is 0. The number of nitrogens with zero attached hydrogens (tertiary/aromatic N) is 1. The third kappa shape index (κ3) is 2.74. The van der Waals surface area contributed by atoms with Crippen molar-refractivity contribution in [1.29, 1.82) is 0 Å². The maximum atomic E-state index is 5.77. The van der Waals surface area contributed by atoms with Crippen molar-refractivity contribution < 1.29 is 4.74 Å². The summed E-state index contributed by atoms with van der Waals surface area (Å²) in [4.78, 5) is 4.05. The predicted octanol–water partition coefficient (Wildman–Crippen LogP) is 4.09. The van der Waals surface area contributed by atoms with Crippen LogP contribution in [-0.4, -0.2) is 4.98 Å². The summed E-state index contributed by atoms with van der Waals surface area (Å²) < 4.78 is 5.56. The molecule has 0 aliphatic carbocycles. The molecule has 2 aromatic rings. The molecule has 0 spiro atoms. The van der Waals surface area contributed by atoms with Crippen molar-refractivity contribution in [2.45, 2.75) is 13.3 Å². The quantitative estimate of drug-likeness (QED) is 0.745. The van der Waals surface area contributed by atoms with Crippen LogP contribution in [-0.2, 0) is 6.42 Å². The van der Waals surface area contributed by atoms with Crippen LogP contribution in [0.5, 0.6) is 11.6 Å². The maximum Gasteiger partial charge on any atom is 0.220 e. The third-order valence-electron chi connectivity index (χ3n) is 2.24. The molecule has 0 fully saturated rings. The average molecular weight is 234 g/mol. The Kier molecular flexibility index (Phi) is 3.42. The Morgan fingerprint density at radius 2 is 1.88 bits per heavy atom. The van der Waals surface area contributed by atoms with E-state index in [-0.39, 0.29) is 0 Å². The van der Waals surface area contributed by atoms with E-state index < -0.39 is 0 Å². The Morgan fingerprint density at radius 1 is 1.12 bits per heavy atom. The van der Waals surface area contributed by atoms with Crippen LogP contribution in [0.1, 0.15) is 12.5 Å². The lowest BCUT2D eigenvalue weighted by molar-refractivity contribution is 0.463. The number of ether oxygens (including phenoxy) is 1. The molecule has 0 radical (unpaired) electrons. The van der Waals surface area contributed by atoms with E-state index in [0.29, 0.717) is 11.0 Å². The molecule has 2 nitrogen and oxygen atoms in total. The van der Waals surface area contributed by atoms with Gasteiger partial charge in [0.2, 0.25) is 5.88 Å². The van der Waals surface area contributed by atoms with Gasteiger partial charge in [0, 0.05) is 6.07 Å². The molecule has 0 aliphatic heterocycles. The highest BCUT2D eigenvalue weighted by Gasteiger charge is 1.99. The molecule has 0 unspecified atom stereocenters. The van der Waals surface area contributed by atoms with Gasteiger partial charge in [0.1, 0.15) is 10.9 Å². The Labute approximate surface area is 99.9 Å². The van der Waals surface area contributed by atoms with Crippen LogP contribution in [0.15, 0.2) is 42.5 Å². The van der Waals surface area contributed by atoms with E-state index in [4.69, 9.17) is 16.3 Å². The van der Waals surface area contributed by atoms with Gasteiger partial charge in [-0.3, -0.25) is 0 Å². The fraction of sp³-hybridized carbons (Fsp3) is 0.154. The minimum Gasteiger partial charge on any atom is -0.439 e. The number of aromatic nitrogens is 1. The minimum absolute atomic E-state index is 0.433. The first-order valence-corrected chi connectivity index (χ1v) is 5.55. The van der Waals surface area contributed by atoms with Gasteiger partial charge in [-0.1, -0.05) is 36.7 Å². The van der Waals surface area contributed by atoms with Gasteiger partial charge >= 0.3 is 0 Å². The average Bonchev–Trinajstić information content (AvgIpc) is 2.30. The molecule has 0 bridgehead atoms. The standard InChI is InChI=1S/C13H12ClNO/c1-2-10-6-8-11(9-7-10)16-13-5-3-4-12(14)15-13/h3-9H,2H2,1H3. The van der Waals surface area contributed by atoms with Crippen molar-refractivity contribution in [2.24, 2.45) is 0 Å². The lowest BCUT2D eigenvalue weighted by atomic mass is 10.2. The number of pyridine rings is 1. The molecule has 0 saturated heterocycles. The summed E-state index contributed by atoms with van der Waals surface area (Å²) in [5.74, 6) is 1.28. The van der Waals surface area contributed by atoms with Gasteiger partial charge in [-0.25, -0.2) is 4.98 Å². The third-order valence-corrected chi connectivity index (χ3v) is 2.45. The second-order valence-corrected chi connectivity index (χ2v) is 3.79. The van der Waals surface area contributed by atoms with Crippen LogP contribution < -0.4 is 4.74 Å². The predicted molar refractivity (Wildman–Crippen MR) is 65.1 cm³/mol. The van der Waals surface area contributed by atoms with Gasteiger partial charge < -0.3 is 4.74 Å². The molecular weight excluding hydrogens is 222 g/mol. The summed E-state index contributed by atoms with van der Waals surface area (Å²) in [5.41, 5.74) is 1.28. The molecule has 82 valence electrons. The zero-order valence-electron chi connectivity index (χ0n) is 8.98. The molecule has 2 rings (SSSR count). The number of rotatable bonds is 3. The van der Waals surface area contributed by atoms with E-state index in [2.05, 4.69) is 11.9 Å². The van der Waals surface area contributed by atoms with E-state index in [9.17, 15) is 0 Å².